The van der Waals surface area contributed by atoms with Crippen LogP contribution in [0, 0.1) is 0 Å². The van der Waals surface area contributed by atoms with Crippen molar-refractivity contribution < 1.29 is 18.6 Å². The van der Waals surface area contributed by atoms with Crippen LogP contribution in [0.15, 0.2) is 91.0 Å². The third-order valence-corrected chi connectivity index (χ3v) is 5.15. The Kier molecular flexibility index (Phi) is 11.2. The molecule has 1 nitrogen and oxygen atoms in total. The summed E-state index contributed by atoms with van der Waals surface area (Å²) in [6.45, 7) is 0. The van der Waals surface area contributed by atoms with Crippen LogP contribution >= 0.6 is 17.0 Å². The van der Waals surface area contributed by atoms with E-state index in [2.05, 4.69) is 0 Å². The molecule has 0 aliphatic rings. The number of para-hydroxylation sites is 1. The Hall–Kier alpha value is -0.752. The molecule has 0 saturated carbocycles. The van der Waals surface area contributed by atoms with Crippen molar-refractivity contribution in [3.05, 3.63) is 91.0 Å². The van der Waals surface area contributed by atoms with Gasteiger partial charge in [-0.2, -0.15) is 36.4 Å². The van der Waals surface area contributed by atoms with Gasteiger partial charge < -0.3 is 0 Å². The molecule has 0 spiro atoms. The summed E-state index contributed by atoms with van der Waals surface area (Å²) in [6.07, 6.45) is 0. The summed E-state index contributed by atoms with van der Waals surface area (Å²) in [7, 11) is 13.5. The van der Waals surface area contributed by atoms with Crippen LogP contribution in [0.5, 0.6) is 0 Å². The van der Waals surface area contributed by atoms with Gasteiger partial charge in [-0.05, 0) is 0 Å². The number of hydrogen-bond donors (Lipinski definition) is 0. The molecule has 0 saturated heterocycles. The zero-order valence-corrected chi connectivity index (χ0v) is 16.4. The number of nitrogens with zero attached hydrogens (tertiary/aromatic N) is 1. The quantitative estimate of drug-likeness (QED) is 0.405. The fraction of sp³-hybridized carbons (Fsp3) is 0.0588. The first-order chi connectivity index (χ1) is 10.7. The van der Waals surface area contributed by atoms with E-state index >= 15 is 0 Å². The van der Waals surface area contributed by atoms with Gasteiger partial charge in [-0.1, -0.05) is 0 Å². The van der Waals surface area contributed by atoms with E-state index in [-0.39, 0.29) is 0 Å². The third kappa shape index (κ3) is 10.1. The van der Waals surface area contributed by atoms with Gasteiger partial charge in [0.15, 0.2) is 0 Å². The Morgan fingerprint density at radius 2 is 1.27 bits per heavy atom. The van der Waals surface area contributed by atoms with Gasteiger partial charge in [-0.15, -0.1) is 0 Å². The molecular weight excluding hydrogens is 391 g/mol. The van der Waals surface area contributed by atoms with Gasteiger partial charge in [-0.25, -0.2) is 24.3 Å². The van der Waals surface area contributed by atoms with Gasteiger partial charge in [-0.3, -0.25) is 0 Å². The molecule has 0 bridgehead atoms. The van der Waals surface area contributed by atoms with Crippen molar-refractivity contribution in [2.75, 3.05) is 11.9 Å². The van der Waals surface area contributed by atoms with Gasteiger partial charge in [0.1, 0.15) is 0 Å². The maximum atomic E-state index is 5.79. The second-order valence-corrected chi connectivity index (χ2v) is 12.3. The molecule has 5 heteroatoms. The van der Waals surface area contributed by atoms with Crippen LogP contribution in [0.4, 0.5) is 5.69 Å². The molecule has 0 aliphatic heterocycles. The van der Waals surface area contributed by atoms with Crippen LogP contribution in [-0.4, -0.2) is 11.6 Å². The largest absolute Gasteiger partial charge is 0.214 e. The minimum atomic E-state index is -2.15. The molecule has 3 rings (SSSR count). The number of benzene rings is 1. The molecular formula is C17H18BCl2NZr-2. The Labute approximate surface area is 148 Å². The van der Waals surface area contributed by atoms with E-state index in [0.29, 0.717) is 0 Å². The summed E-state index contributed by atoms with van der Waals surface area (Å²) in [4.78, 5) is 1.98. The first-order valence-electron chi connectivity index (χ1n) is 6.84. The van der Waals surface area contributed by atoms with Crippen LogP contribution in [-0.2, 0) is 18.6 Å². The van der Waals surface area contributed by atoms with Crippen LogP contribution in [0.1, 0.15) is 0 Å². The Morgan fingerprint density at radius 1 is 0.818 bits per heavy atom. The molecule has 0 aromatic heterocycles. The van der Waals surface area contributed by atoms with Gasteiger partial charge in [0.25, 0.3) is 0 Å². The molecule has 0 radical (unpaired) electrons. The average molecular weight is 409 g/mol. The van der Waals surface area contributed by atoms with Crippen LogP contribution < -0.4 is 4.81 Å². The van der Waals surface area contributed by atoms with Crippen molar-refractivity contribution >= 4 is 27.2 Å². The SMILES string of the molecule is CN([B]=[Zr]([Cl])[Cl])c1ccccc1.c1cc[cH-]c1.c1cc[cH-]c1. The normalized spacial score (nSPS) is 8.50. The first-order valence-corrected chi connectivity index (χ1v) is 14.6. The molecule has 0 heterocycles. The zero-order chi connectivity index (χ0) is 16.0. The molecule has 0 unspecified atom stereocenters. The van der Waals surface area contributed by atoms with Crippen molar-refractivity contribution in [2.45, 2.75) is 0 Å². The molecule has 0 atom stereocenters. The third-order valence-electron chi connectivity index (χ3n) is 2.57. The minimum Gasteiger partial charge on any atom is -0.214 e. The molecule has 0 amide bonds. The summed E-state index contributed by atoms with van der Waals surface area (Å²) in [6, 6.07) is 30.0. The molecule has 0 aliphatic carbocycles. The summed E-state index contributed by atoms with van der Waals surface area (Å²) < 4.78 is 1.93. The average Bonchev–Trinajstić information content (AvgIpc) is 3.25. The van der Waals surface area contributed by atoms with E-state index in [1.165, 1.54) is 0 Å². The van der Waals surface area contributed by atoms with Gasteiger partial charge in [0.05, 0.1) is 0 Å². The maximum absolute atomic E-state index is 5.79. The topological polar surface area (TPSA) is 3.24 Å². The second kappa shape index (κ2) is 12.8. The smallest absolute Gasteiger partial charge is 0.172 e. The van der Waals surface area contributed by atoms with Crippen LogP contribution in [0.2, 0.25) is 0 Å². The summed E-state index contributed by atoms with van der Waals surface area (Å²) >= 11 is -2.15. The van der Waals surface area contributed by atoms with Gasteiger partial charge in [0.2, 0.25) is 0 Å². The Bertz CT molecular complexity index is 530. The van der Waals surface area contributed by atoms with E-state index in [9.17, 15) is 0 Å². The molecule has 114 valence electrons. The monoisotopic (exact) mass is 407 g/mol. The first kappa shape index (κ1) is 19.3. The zero-order valence-electron chi connectivity index (χ0n) is 12.4. The summed E-state index contributed by atoms with van der Waals surface area (Å²) in [5, 5.41) is 0. The van der Waals surface area contributed by atoms with E-state index < -0.39 is 18.6 Å². The van der Waals surface area contributed by atoms with Crippen molar-refractivity contribution in [2.24, 2.45) is 0 Å². The molecule has 22 heavy (non-hydrogen) atoms. The number of rotatable bonds is 2. The number of anilines is 1. The van der Waals surface area contributed by atoms with Crippen LogP contribution in [0.25, 0.3) is 0 Å². The van der Waals surface area contributed by atoms with E-state index in [1.807, 2.05) is 107 Å². The maximum Gasteiger partial charge on any atom is -0.172 e. The minimum absolute atomic E-state index is 1.12. The van der Waals surface area contributed by atoms with Crippen LogP contribution in [0.3, 0.4) is 0 Å². The Balaban J connectivity index is 0.000000197. The number of halogens is 2. The second-order valence-electron chi connectivity index (χ2n) is 4.29. The van der Waals surface area contributed by atoms with Crippen molar-refractivity contribution in [1.29, 1.82) is 0 Å². The van der Waals surface area contributed by atoms with E-state index in [4.69, 9.17) is 17.0 Å². The molecule has 3 aromatic carbocycles. The van der Waals surface area contributed by atoms with E-state index in [1.54, 1.807) is 0 Å². The van der Waals surface area contributed by atoms with Crippen molar-refractivity contribution in [1.82, 2.24) is 0 Å². The predicted octanol–water partition coefficient (Wildman–Crippen LogP) is 5.39. The molecule has 3 aromatic rings. The van der Waals surface area contributed by atoms with Crippen molar-refractivity contribution in [3.8, 4) is 0 Å². The van der Waals surface area contributed by atoms with Gasteiger partial charge in [0, 0.05) is 0 Å². The summed E-state index contributed by atoms with van der Waals surface area (Å²) in [5.74, 6) is 0. The molecule has 0 N–H and O–H groups in total. The summed E-state index contributed by atoms with van der Waals surface area (Å²) in [5.41, 5.74) is 1.12. The fourth-order valence-electron chi connectivity index (χ4n) is 1.53. The molecule has 0 fully saturated rings. The predicted molar refractivity (Wildman–Crippen MR) is 96.4 cm³/mol. The number of hydrogen-bond acceptors (Lipinski definition) is 1. The van der Waals surface area contributed by atoms with E-state index in [0.717, 1.165) is 5.69 Å². The standard InChI is InChI=1S/C7H8BN.2C5H5.2ClH.Zr/c1-9(8)7-5-3-2-4-6-7;2*1-2-4-5-3-1;;;/h2-6H,1H3;2*1-5H;2*1H;/q;2*-1;;;+2/p-2. The van der Waals surface area contributed by atoms with Crippen molar-refractivity contribution in [3.63, 3.8) is 0 Å². The van der Waals surface area contributed by atoms with Gasteiger partial charge >= 0.3 is 88.0 Å². The fourth-order valence-corrected chi connectivity index (χ4v) is 4.34. The Morgan fingerprint density at radius 3 is 1.59 bits per heavy atom.